The van der Waals surface area contributed by atoms with Gasteiger partial charge in [-0.15, -0.1) is 0 Å². The van der Waals surface area contributed by atoms with Crippen molar-refractivity contribution in [1.29, 1.82) is 0 Å². The van der Waals surface area contributed by atoms with E-state index in [4.69, 9.17) is 4.42 Å². The zero-order valence-electron chi connectivity index (χ0n) is 14.5. The lowest BCUT2D eigenvalue weighted by molar-refractivity contribution is -0.0892. The van der Waals surface area contributed by atoms with E-state index < -0.39 is 0 Å². The van der Waals surface area contributed by atoms with E-state index in [1.807, 2.05) is 6.26 Å². The predicted octanol–water partition coefficient (Wildman–Crippen LogP) is 5.13. The average Bonchev–Trinajstić information content (AvgIpc) is 2.96. The van der Waals surface area contributed by atoms with E-state index in [0.717, 1.165) is 25.7 Å². The van der Waals surface area contributed by atoms with Crippen LogP contribution in [0.4, 0.5) is 0 Å². The number of aliphatic hydroxyl groups is 1. The molecule has 0 spiro atoms. The van der Waals surface area contributed by atoms with E-state index in [0.29, 0.717) is 5.92 Å². The Kier molecular flexibility index (Phi) is 4.01. The number of fused-ring (bicyclic) bond motifs is 1. The molecule has 1 fully saturated rings. The summed E-state index contributed by atoms with van der Waals surface area (Å²) in [6.07, 6.45) is 10.1. The van der Waals surface area contributed by atoms with E-state index >= 15 is 0 Å². The average molecular weight is 302 g/mol. The molecule has 2 aliphatic rings. The van der Waals surface area contributed by atoms with Crippen LogP contribution in [0.15, 0.2) is 34.2 Å². The molecule has 2 aliphatic carbocycles. The lowest BCUT2D eigenvalue weighted by Crippen LogP contribution is -2.52. The fraction of sp³-hybridized carbons (Fsp3) is 0.700. The molecule has 3 atom stereocenters. The molecule has 1 heterocycles. The smallest absolute Gasteiger partial charge is 0.0934 e. The van der Waals surface area contributed by atoms with Gasteiger partial charge in [-0.25, -0.2) is 0 Å². The van der Waals surface area contributed by atoms with Gasteiger partial charge in [0.15, 0.2) is 0 Å². The zero-order chi connectivity index (χ0) is 16.0. The summed E-state index contributed by atoms with van der Waals surface area (Å²) in [5.41, 5.74) is 4.82. The summed E-state index contributed by atoms with van der Waals surface area (Å²) >= 11 is 0. The first-order valence-electron chi connectivity index (χ1n) is 8.74. The third-order valence-corrected chi connectivity index (χ3v) is 6.72. The summed E-state index contributed by atoms with van der Waals surface area (Å²) in [7, 11) is 0. The summed E-state index contributed by atoms with van der Waals surface area (Å²) in [6.45, 7) is 9.32. The summed E-state index contributed by atoms with van der Waals surface area (Å²) in [6, 6.07) is 2.08. The molecule has 122 valence electrons. The van der Waals surface area contributed by atoms with Crippen molar-refractivity contribution in [3.8, 4) is 0 Å². The van der Waals surface area contributed by atoms with E-state index in [-0.39, 0.29) is 16.9 Å². The van der Waals surface area contributed by atoms with Gasteiger partial charge in [0.25, 0.3) is 0 Å². The Balaban J connectivity index is 1.87. The van der Waals surface area contributed by atoms with E-state index in [1.165, 1.54) is 18.4 Å². The maximum Gasteiger partial charge on any atom is 0.0934 e. The van der Waals surface area contributed by atoms with Crippen molar-refractivity contribution in [3.63, 3.8) is 0 Å². The number of hydrogen-bond donors (Lipinski definition) is 1. The second-order valence-electron chi connectivity index (χ2n) is 8.28. The van der Waals surface area contributed by atoms with Gasteiger partial charge in [-0.2, -0.15) is 0 Å². The minimum absolute atomic E-state index is 0.0224. The molecule has 3 unspecified atom stereocenters. The van der Waals surface area contributed by atoms with Crippen LogP contribution in [0.3, 0.4) is 0 Å². The van der Waals surface area contributed by atoms with Gasteiger partial charge in [0.05, 0.1) is 18.6 Å². The molecule has 22 heavy (non-hydrogen) atoms. The Labute approximate surface area is 134 Å². The number of rotatable bonds is 3. The minimum atomic E-state index is -0.154. The molecule has 3 rings (SSSR count). The number of aliphatic hydroxyl groups excluding tert-OH is 1. The summed E-state index contributed by atoms with van der Waals surface area (Å²) in [5.74, 6) is 0.590. The van der Waals surface area contributed by atoms with Gasteiger partial charge in [0, 0.05) is 0 Å². The molecule has 0 saturated heterocycles. The molecule has 0 radical (unpaired) electrons. The molecular weight excluding hydrogens is 272 g/mol. The minimum Gasteiger partial charge on any atom is -0.472 e. The largest absolute Gasteiger partial charge is 0.472 e. The first-order chi connectivity index (χ1) is 10.4. The first kappa shape index (κ1) is 15.9. The van der Waals surface area contributed by atoms with Gasteiger partial charge in [-0.3, -0.25) is 0 Å². The van der Waals surface area contributed by atoms with Crippen molar-refractivity contribution in [1.82, 2.24) is 0 Å². The van der Waals surface area contributed by atoms with Crippen molar-refractivity contribution in [2.45, 2.75) is 72.3 Å². The molecule has 0 bridgehead atoms. The van der Waals surface area contributed by atoms with Crippen molar-refractivity contribution in [2.75, 3.05) is 0 Å². The van der Waals surface area contributed by atoms with Crippen LogP contribution in [-0.2, 0) is 6.42 Å². The maximum absolute atomic E-state index is 10.5. The van der Waals surface area contributed by atoms with Crippen molar-refractivity contribution >= 4 is 0 Å². The van der Waals surface area contributed by atoms with Crippen molar-refractivity contribution < 1.29 is 9.52 Å². The van der Waals surface area contributed by atoms with Crippen LogP contribution in [0, 0.1) is 16.7 Å². The SMILES string of the molecule is CC1=C(CCc2ccoc2)C2(C)CCC(O)C(C)(C)C2CC1. The first-order valence-corrected chi connectivity index (χ1v) is 8.74. The van der Waals surface area contributed by atoms with Gasteiger partial charge in [0.2, 0.25) is 0 Å². The van der Waals surface area contributed by atoms with Crippen LogP contribution in [0.2, 0.25) is 0 Å². The number of furan rings is 1. The molecule has 0 aromatic carbocycles. The number of hydrogen-bond acceptors (Lipinski definition) is 2. The Bertz CT molecular complexity index is 552. The van der Waals surface area contributed by atoms with Gasteiger partial charge in [-0.1, -0.05) is 31.9 Å². The molecule has 1 aromatic heterocycles. The molecule has 1 saturated carbocycles. The molecule has 0 amide bonds. The lowest BCUT2D eigenvalue weighted by Gasteiger charge is -2.57. The van der Waals surface area contributed by atoms with E-state index in [1.54, 1.807) is 17.4 Å². The van der Waals surface area contributed by atoms with Crippen LogP contribution >= 0.6 is 0 Å². The maximum atomic E-state index is 10.5. The second-order valence-corrected chi connectivity index (χ2v) is 8.28. The van der Waals surface area contributed by atoms with E-state index in [2.05, 4.69) is 33.8 Å². The summed E-state index contributed by atoms with van der Waals surface area (Å²) in [4.78, 5) is 0. The highest BCUT2D eigenvalue weighted by Gasteiger charge is 2.53. The highest BCUT2D eigenvalue weighted by atomic mass is 16.3. The summed E-state index contributed by atoms with van der Waals surface area (Å²) < 4.78 is 5.21. The zero-order valence-corrected chi connectivity index (χ0v) is 14.5. The van der Waals surface area contributed by atoms with Crippen LogP contribution in [0.1, 0.15) is 65.4 Å². The Morgan fingerprint density at radius 3 is 2.68 bits per heavy atom. The van der Waals surface area contributed by atoms with Crippen LogP contribution < -0.4 is 0 Å². The third kappa shape index (κ3) is 2.46. The van der Waals surface area contributed by atoms with Crippen LogP contribution in [0.5, 0.6) is 0 Å². The van der Waals surface area contributed by atoms with Gasteiger partial charge >= 0.3 is 0 Å². The van der Waals surface area contributed by atoms with Crippen LogP contribution in [-0.4, -0.2) is 11.2 Å². The van der Waals surface area contributed by atoms with Crippen molar-refractivity contribution in [3.05, 3.63) is 35.3 Å². The molecule has 0 aliphatic heterocycles. The van der Waals surface area contributed by atoms with E-state index in [9.17, 15) is 5.11 Å². The second kappa shape index (κ2) is 5.56. The van der Waals surface area contributed by atoms with Gasteiger partial charge < -0.3 is 9.52 Å². The number of allylic oxidation sites excluding steroid dienone is 2. The topological polar surface area (TPSA) is 33.4 Å². The Morgan fingerprint density at radius 1 is 1.23 bits per heavy atom. The predicted molar refractivity (Wildman–Crippen MR) is 89.6 cm³/mol. The normalized spacial score (nSPS) is 34.6. The number of aryl methyl sites for hydroxylation is 1. The fourth-order valence-electron chi connectivity index (χ4n) is 5.29. The standard InChI is InChI=1S/C20H30O2/c1-14-5-8-17-19(2,3)18(21)9-11-20(17,4)16(14)7-6-15-10-12-22-13-15/h10,12-13,17-18,21H,5-9,11H2,1-4H3. The molecule has 1 N–H and O–H groups in total. The van der Waals surface area contributed by atoms with Crippen molar-refractivity contribution in [2.24, 2.45) is 16.7 Å². The third-order valence-electron chi connectivity index (χ3n) is 6.72. The molecular formula is C20H30O2. The molecule has 2 heteroatoms. The fourth-order valence-corrected chi connectivity index (χ4v) is 5.29. The molecule has 2 nitrogen and oxygen atoms in total. The highest BCUT2D eigenvalue weighted by molar-refractivity contribution is 5.29. The van der Waals surface area contributed by atoms with Crippen LogP contribution in [0.25, 0.3) is 0 Å². The monoisotopic (exact) mass is 302 g/mol. The summed E-state index contributed by atoms with van der Waals surface area (Å²) in [5, 5.41) is 10.5. The van der Waals surface area contributed by atoms with Gasteiger partial charge in [-0.05, 0) is 73.8 Å². The Morgan fingerprint density at radius 2 is 2.00 bits per heavy atom. The lowest BCUT2D eigenvalue weighted by atomic mass is 9.49. The Hall–Kier alpha value is -1.02. The molecule has 1 aromatic rings. The van der Waals surface area contributed by atoms with Gasteiger partial charge in [0.1, 0.15) is 0 Å². The highest BCUT2D eigenvalue weighted by Crippen LogP contribution is 2.60. The quantitative estimate of drug-likeness (QED) is 0.786.